The lowest BCUT2D eigenvalue weighted by Gasteiger charge is -2.16. The largest absolute Gasteiger partial charge is 0.311 e. The lowest BCUT2D eigenvalue weighted by molar-refractivity contribution is 0.519. The molecule has 1 unspecified atom stereocenters. The Morgan fingerprint density at radius 3 is 2.68 bits per heavy atom. The van der Waals surface area contributed by atoms with E-state index in [2.05, 4.69) is 23.4 Å². The van der Waals surface area contributed by atoms with Crippen LogP contribution in [-0.4, -0.2) is 16.8 Å². The molecule has 1 heterocycles. The number of nitrogens with zero attached hydrogens (tertiary/aromatic N) is 2. The third-order valence-corrected chi connectivity index (χ3v) is 3.42. The Bertz CT molecular complexity index is 548. The Morgan fingerprint density at radius 1 is 1.37 bits per heavy atom. The second-order valence-corrected chi connectivity index (χ2v) is 4.67. The lowest BCUT2D eigenvalue weighted by Crippen LogP contribution is -2.22. The Morgan fingerprint density at radius 2 is 2.11 bits per heavy atom. The molecule has 3 nitrogen and oxygen atoms in total. The summed E-state index contributed by atoms with van der Waals surface area (Å²) in [6.45, 7) is 2.08. The van der Waals surface area contributed by atoms with E-state index in [4.69, 9.17) is 0 Å². The molecule has 0 radical (unpaired) electrons. The zero-order valence-electron chi connectivity index (χ0n) is 11.7. The smallest absolute Gasteiger partial charge is 0.126 e. The standard InChI is InChI=1S/C15H20FN3/c1-4-12-10-15(19(3)18-12)14(17-2)9-11-7-5-6-8-13(11)16/h5-8,10,14,17H,4,9H2,1-3H3. The van der Waals surface area contributed by atoms with Gasteiger partial charge in [-0.25, -0.2) is 4.39 Å². The number of hydrogen-bond acceptors (Lipinski definition) is 2. The fraction of sp³-hybridized carbons (Fsp3) is 0.400. The van der Waals surface area contributed by atoms with Crippen molar-refractivity contribution in [1.29, 1.82) is 0 Å². The van der Waals surface area contributed by atoms with Crippen LogP contribution in [0.4, 0.5) is 4.39 Å². The monoisotopic (exact) mass is 261 g/mol. The second kappa shape index (κ2) is 5.97. The van der Waals surface area contributed by atoms with Crippen LogP contribution in [-0.2, 0) is 19.9 Å². The van der Waals surface area contributed by atoms with Crippen molar-refractivity contribution < 1.29 is 4.39 Å². The van der Waals surface area contributed by atoms with Gasteiger partial charge in [-0.05, 0) is 37.6 Å². The SMILES string of the molecule is CCc1cc(C(Cc2ccccc2F)NC)n(C)n1. The van der Waals surface area contributed by atoms with E-state index in [0.29, 0.717) is 6.42 Å². The first-order valence-electron chi connectivity index (χ1n) is 6.59. The van der Waals surface area contributed by atoms with Crippen molar-refractivity contribution in [2.24, 2.45) is 7.05 Å². The van der Waals surface area contributed by atoms with Crippen LogP contribution in [0.5, 0.6) is 0 Å². The van der Waals surface area contributed by atoms with Crippen LogP contribution in [0, 0.1) is 5.82 Å². The summed E-state index contributed by atoms with van der Waals surface area (Å²) in [4.78, 5) is 0. The number of nitrogens with one attached hydrogen (secondary N) is 1. The van der Waals surface area contributed by atoms with E-state index in [0.717, 1.165) is 23.4 Å². The molecule has 4 heteroatoms. The maximum atomic E-state index is 13.7. The first-order valence-corrected chi connectivity index (χ1v) is 6.59. The van der Waals surface area contributed by atoms with Gasteiger partial charge in [0.1, 0.15) is 5.82 Å². The molecule has 102 valence electrons. The fourth-order valence-electron chi connectivity index (χ4n) is 2.28. The molecular weight excluding hydrogens is 241 g/mol. The number of halogens is 1. The van der Waals surface area contributed by atoms with Gasteiger partial charge >= 0.3 is 0 Å². The summed E-state index contributed by atoms with van der Waals surface area (Å²) in [7, 11) is 3.82. The summed E-state index contributed by atoms with van der Waals surface area (Å²) in [5.41, 5.74) is 2.87. The van der Waals surface area contributed by atoms with E-state index < -0.39 is 0 Å². The Hall–Kier alpha value is -1.68. The quantitative estimate of drug-likeness (QED) is 0.896. The van der Waals surface area contributed by atoms with Crippen LogP contribution in [0.1, 0.15) is 29.9 Å². The molecule has 0 spiro atoms. The predicted octanol–water partition coefficient (Wildman–Crippen LogP) is 2.62. The van der Waals surface area contributed by atoms with Gasteiger partial charge in [-0.1, -0.05) is 25.1 Å². The van der Waals surface area contributed by atoms with Crippen molar-refractivity contribution in [3.05, 3.63) is 53.1 Å². The van der Waals surface area contributed by atoms with Gasteiger partial charge in [0.05, 0.1) is 17.4 Å². The molecule has 0 aliphatic rings. The number of benzene rings is 1. The van der Waals surface area contributed by atoms with Gasteiger partial charge in [0.15, 0.2) is 0 Å². The molecule has 2 aromatic rings. The summed E-state index contributed by atoms with van der Waals surface area (Å²) < 4.78 is 15.6. The molecule has 1 atom stereocenters. The zero-order chi connectivity index (χ0) is 13.8. The van der Waals surface area contributed by atoms with Gasteiger partial charge in [0, 0.05) is 7.05 Å². The molecule has 0 amide bonds. The number of hydrogen-bond donors (Lipinski definition) is 1. The minimum absolute atomic E-state index is 0.0645. The maximum Gasteiger partial charge on any atom is 0.126 e. The lowest BCUT2D eigenvalue weighted by atomic mass is 10.0. The highest BCUT2D eigenvalue weighted by atomic mass is 19.1. The summed E-state index contributed by atoms with van der Waals surface area (Å²) in [5, 5.41) is 7.69. The number of likely N-dealkylation sites (N-methyl/N-ethyl adjacent to an activating group) is 1. The molecule has 1 aromatic carbocycles. The average molecular weight is 261 g/mol. The molecule has 2 rings (SSSR count). The van der Waals surface area contributed by atoms with Crippen molar-refractivity contribution in [2.75, 3.05) is 7.05 Å². The second-order valence-electron chi connectivity index (χ2n) is 4.67. The highest BCUT2D eigenvalue weighted by Gasteiger charge is 2.17. The molecule has 0 saturated heterocycles. The number of aromatic nitrogens is 2. The minimum atomic E-state index is -0.152. The van der Waals surface area contributed by atoms with E-state index in [-0.39, 0.29) is 11.9 Å². The molecule has 0 bridgehead atoms. The van der Waals surface area contributed by atoms with Gasteiger partial charge in [-0.15, -0.1) is 0 Å². The van der Waals surface area contributed by atoms with E-state index in [1.54, 1.807) is 6.07 Å². The van der Waals surface area contributed by atoms with E-state index in [9.17, 15) is 4.39 Å². The van der Waals surface area contributed by atoms with Gasteiger partial charge < -0.3 is 5.32 Å². The van der Waals surface area contributed by atoms with Gasteiger partial charge in [-0.3, -0.25) is 4.68 Å². The van der Waals surface area contributed by atoms with Crippen LogP contribution in [0.25, 0.3) is 0 Å². The molecule has 19 heavy (non-hydrogen) atoms. The molecule has 1 N–H and O–H groups in total. The van der Waals surface area contributed by atoms with E-state index in [1.165, 1.54) is 6.07 Å². The predicted molar refractivity (Wildman–Crippen MR) is 74.5 cm³/mol. The van der Waals surface area contributed by atoms with Crippen LogP contribution in [0.3, 0.4) is 0 Å². The fourth-order valence-corrected chi connectivity index (χ4v) is 2.28. The first kappa shape index (κ1) is 13.7. The zero-order valence-corrected chi connectivity index (χ0v) is 11.7. The highest BCUT2D eigenvalue weighted by Crippen LogP contribution is 2.20. The van der Waals surface area contributed by atoms with Crippen molar-refractivity contribution in [2.45, 2.75) is 25.8 Å². The molecular formula is C15H20FN3. The summed E-state index contributed by atoms with van der Waals surface area (Å²) >= 11 is 0. The molecule has 1 aromatic heterocycles. The molecule has 0 aliphatic heterocycles. The van der Waals surface area contributed by atoms with Crippen molar-refractivity contribution in [3.8, 4) is 0 Å². The molecule has 0 fully saturated rings. The van der Waals surface area contributed by atoms with Gasteiger partial charge in [0.25, 0.3) is 0 Å². The third-order valence-electron chi connectivity index (χ3n) is 3.42. The average Bonchev–Trinajstić information content (AvgIpc) is 2.79. The Kier molecular flexibility index (Phi) is 4.32. The Balaban J connectivity index is 2.25. The van der Waals surface area contributed by atoms with Crippen molar-refractivity contribution in [3.63, 3.8) is 0 Å². The van der Waals surface area contributed by atoms with Crippen molar-refractivity contribution >= 4 is 0 Å². The Labute approximate surface area is 113 Å². The maximum absolute atomic E-state index is 13.7. The van der Waals surface area contributed by atoms with E-state index in [1.807, 2.05) is 30.9 Å². The first-order chi connectivity index (χ1) is 9.15. The third kappa shape index (κ3) is 3.01. The molecule has 0 saturated carbocycles. The summed E-state index contributed by atoms with van der Waals surface area (Å²) in [6.07, 6.45) is 1.52. The van der Waals surface area contributed by atoms with Gasteiger partial charge in [0.2, 0.25) is 0 Å². The molecule has 0 aliphatic carbocycles. The van der Waals surface area contributed by atoms with Crippen LogP contribution >= 0.6 is 0 Å². The summed E-state index contributed by atoms with van der Waals surface area (Å²) in [6, 6.07) is 9.06. The minimum Gasteiger partial charge on any atom is -0.311 e. The van der Waals surface area contributed by atoms with Crippen LogP contribution < -0.4 is 5.32 Å². The van der Waals surface area contributed by atoms with Crippen molar-refractivity contribution in [1.82, 2.24) is 15.1 Å². The van der Waals surface area contributed by atoms with E-state index >= 15 is 0 Å². The summed E-state index contributed by atoms with van der Waals surface area (Å²) in [5.74, 6) is -0.152. The number of rotatable bonds is 5. The van der Waals surface area contributed by atoms with Gasteiger partial charge in [-0.2, -0.15) is 5.10 Å². The van der Waals surface area contributed by atoms with Crippen LogP contribution in [0.15, 0.2) is 30.3 Å². The highest BCUT2D eigenvalue weighted by molar-refractivity contribution is 5.22. The number of aryl methyl sites for hydroxylation is 2. The topological polar surface area (TPSA) is 29.9 Å². The van der Waals surface area contributed by atoms with Crippen LogP contribution in [0.2, 0.25) is 0 Å². The normalized spacial score (nSPS) is 12.6.